The molecule has 1 aliphatic rings. The molecule has 1 aromatic carbocycles. The number of imide groups is 1. The lowest BCUT2D eigenvalue weighted by Gasteiger charge is -2.14. The molecule has 5 amide bonds. The zero-order valence-electron chi connectivity index (χ0n) is 13.5. The van der Waals surface area contributed by atoms with Gasteiger partial charge in [0.05, 0.1) is 0 Å². The van der Waals surface area contributed by atoms with Crippen molar-refractivity contribution >= 4 is 29.4 Å². The molecule has 4 N–H and O–H groups in total. The second kappa shape index (κ2) is 7.12. The lowest BCUT2D eigenvalue weighted by Crippen LogP contribution is -2.38. The van der Waals surface area contributed by atoms with Gasteiger partial charge in [-0.3, -0.25) is 19.3 Å². The van der Waals surface area contributed by atoms with Gasteiger partial charge < -0.3 is 16.4 Å². The van der Waals surface area contributed by atoms with Gasteiger partial charge in [0.1, 0.15) is 12.6 Å². The van der Waals surface area contributed by atoms with E-state index in [1.807, 2.05) is 13.8 Å². The van der Waals surface area contributed by atoms with Gasteiger partial charge in [-0.2, -0.15) is 0 Å². The van der Waals surface area contributed by atoms with E-state index in [-0.39, 0.29) is 12.5 Å². The predicted octanol–water partition coefficient (Wildman–Crippen LogP) is 0.691. The molecule has 8 nitrogen and oxygen atoms in total. The number of rotatable bonds is 6. The molecule has 1 heterocycles. The monoisotopic (exact) mass is 332 g/mol. The number of benzene rings is 1. The summed E-state index contributed by atoms with van der Waals surface area (Å²) < 4.78 is 0. The minimum absolute atomic E-state index is 0.247. The van der Waals surface area contributed by atoms with Crippen LogP contribution < -0.4 is 16.4 Å². The average Bonchev–Trinajstić information content (AvgIpc) is 2.74. The minimum atomic E-state index is -0.583. The number of hydrogen-bond acceptors (Lipinski definition) is 4. The Labute approximate surface area is 139 Å². The first kappa shape index (κ1) is 17.5. The number of carbonyl (C=O) groups excluding carboxylic acids is 4. The van der Waals surface area contributed by atoms with Gasteiger partial charge in [0.25, 0.3) is 5.91 Å². The number of carbonyl (C=O) groups is 4. The quantitative estimate of drug-likeness (QED) is 0.663. The zero-order chi connectivity index (χ0) is 17.9. The maximum Gasteiger partial charge on any atom is 0.325 e. The summed E-state index contributed by atoms with van der Waals surface area (Å²) in [5.41, 5.74) is 5.90. The molecule has 1 aliphatic heterocycles. The maximum absolute atomic E-state index is 12.2. The van der Waals surface area contributed by atoms with Gasteiger partial charge >= 0.3 is 6.03 Å². The summed E-state index contributed by atoms with van der Waals surface area (Å²) in [6.45, 7) is 3.53. The van der Waals surface area contributed by atoms with Crippen molar-refractivity contribution in [3.05, 3.63) is 29.8 Å². The van der Waals surface area contributed by atoms with Gasteiger partial charge in [0, 0.05) is 11.3 Å². The molecule has 0 spiro atoms. The van der Waals surface area contributed by atoms with Gasteiger partial charge in [-0.25, -0.2) is 4.79 Å². The third-order valence-corrected chi connectivity index (χ3v) is 3.57. The van der Waals surface area contributed by atoms with E-state index in [0.717, 1.165) is 4.90 Å². The number of anilines is 1. The topological polar surface area (TPSA) is 122 Å². The highest BCUT2D eigenvalue weighted by Crippen LogP contribution is 2.15. The summed E-state index contributed by atoms with van der Waals surface area (Å²) in [6, 6.07) is 4.84. The van der Waals surface area contributed by atoms with E-state index in [0.29, 0.717) is 17.7 Å². The number of primary amides is 1. The Morgan fingerprint density at radius 3 is 2.42 bits per heavy atom. The van der Waals surface area contributed by atoms with Gasteiger partial charge in [-0.1, -0.05) is 13.8 Å². The van der Waals surface area contributed by atoms with Crippen LogP contribution in [0.4, 0.5) is 10.5 Å². The lowest BCUT2D eigenvalue weighted by atomic mass is 10.0. The lowest BCUT2D eigenvalue weighted by molar-refractivity contribution is -0.131. The normalized spacial score (nSPS) is 17.1. The van der Waals surface area contributed by atoms with Crippen molar-refractivity contribution in [1.82, 2.24) is 10.2 Å². The summed E-state index contributed by atoms with van der Waals surface area (Å²) >= 11 is 0. The number of hydrogen-bond donors (Lipinski definition) is 3. The van der Waals surface area contributed by atoms with Gasteiger partial charge in [-0.05, 0) is 36.6 Å². The Balaban J connectivity index is 1.95. The number of urea groups is 1. The molecule has 0 radical (unpaired) electrons. The second-order valence-electron chi connectivity index (χ2n) is 6.05. The van der Waals surface area contributed by atoms with Crippen molar-refractivity contribution in [2.45, 2.75) is 26.3 Å². The standard InChI is InChI=1S/C16H20N4O4/c1-9(2)7-12-15(23)20(16(24)19-12)8-13(21)18-11-5-3-10(4-6-11)14(17)22/h3-6,9,12H,7-8H2,1-2H3,(H2,17,22)(H,18,21)(H,19,24)/t12-/m1/s1. The van der Waals surface area contributed by atoms with Crippen LogP contribution in [0.3, 0.4) is 0 Å². The smallest absolute Gasteiger partial charge is 0.325 e. The molecule has 2 rings (SSSR count). The molecule has 0 bridgehead atoms. The van der Waals surface area contributed by atoms with Crippen LogP contribution in [0.5, 0.6) is 0 Å². The van der Waals surface area contributed by atoms with E-state index in [9.17, 15) is 19.2 Å². The van der Waals surface area contributed by atoms with E-state index in [2.05, 4.69) is 10.6 Å². The molecule has 24 heavy (non-hydrogen) atoms. The van der Waals surface area contributed by atoms with Crippen LogP contribution in [0, 0.1) is 5.92 Å². The first-order valence-electron chi connectivity index (χ1n) is 7.59. The van der Waals surface area contributed by atoms with E-state index >= 15 is 0 Å². The third-order valence-electron chi connectivity index (χ3n) is 3.57. The van der Waals surface area contributed by atoms with Crippen LogP contribution in [-0.4, -0.2) is 41.2 Å². The molecule has 0 saturated carbocycles. The van der Waals surface area contributed by atoms with Crippen molar-refractivity contribution in [1.29, 1.82) is 0 Å². The number of nitrogens with zero attached hydrogens (tertiary/aromatic N) is 1. The summed E-state index contributed by atoms with van der Waals surface area (Å²) in [5, 5.41) is 5.15. The summed E-state index contributed by atoms with van der Waals surface area (Å²) in [5.74, 6) is -1.22. The van der Waals surface area contributed by atoms with Crippen molar-refractivity contribution < 1.29 is 19.2 Å². The third kappa shape index (κ3) is 4.09. The maximum atomic E-state index is 12.2. The van der Waals surface area contributed by atoms with Crippen molar-refractivity contribution in [3.63, 3.8) is 0 Å². The molecule has 128 valence electrons. The van der Waals surface area contributed by atoms with Crippen LogP contribution in [0.1, 0.15) is 30.6 Å². The number of nitrogens with one attached hydrogen (secondary N) is 2. The molecule has 1 aromatic rings. The van der Waals surface area contributed by atoms with Crippen molar-refractivity contribution in [3.8, 4) is 0 Å². The van der Waals surface area contributed by atoms with Crippen LogP contribution in [0.2, 0.25) is 0 Å². The highest BCUT2D eigenvalue weighted by atomic mass is 16.2. The van der Waals surface area contributed by atoms with Crippen LogP contribution >= 0.6 is 0 Å². The zero-order valence-corrected chi connectivity index (χ0v) is 13.5. The fraction of sp³-hybridized carbons (Fsp3) is 0.375. The van der Waals surface area contributed by atoms with E-state index < -0.39 is 29.8 Å². The van der Waals surface area contributed by atoms with Gasteiger partial charge in [0.15, 0.2) is 0 Å². The van der Waals surface area contributed by atoms with E-state index in [4.69, 9.17) is 5.73 Å². The molecule has 1 fully saturated rings. The fourth-order valence-corrected chi connectivity index (χ4v) is 2.42. The van der Waals surface area contributed by atoms with Crippen LogP contribution in [0.25, 0.3) is 0 Å². The van der Waals surface area contributed by atoms with Crippen LogP contribution in [0.15, 0.2) is 24.3 Å². The van der Waals surface area contributed by atoms with Gasteiger partial charge in [-0.15, -0.1) is 0 Å². The number of amides is 5. The summed E-state index contributed by atoms with van der Waals surface area (Å²) in [4.78, 5) is 47.9. The molecule has 0 aliphatic carbocycles. The minimum Gasteiger partial charge on any atom is -0.366 e. The van der Waals surface area contributed by atoms with E-state index in [1.165, 1.54) is 24.3 Å². The molecular formula is C16H20N4O4. The Kier molecular flexibility index (Phi) is 5.18. The Bertz CT molecular complexity index is 669. The Morgan fingerprint density at radius 2 is 1.88 bits per heavy atom. The SMILES string of the molecule is CC(C)C[C@H]1NC(=O)N(CC(=O)Nc2ccc(C(N)=O)cc2)C1=O. The molecule has 1 atom stereocenters. The Morgan fingerprint density at radius 1 is 1.25 bits per heavy atom. The van der Waals surface area contributed by atoms with Crippen molar-refractivity contribution in [2.75, 3.05) is 11.9 Å². The average molecular weight is 332 g/mol. The highest BCUT2D eigenvalue weighted by Gasteiger charge is 2.38. The highest BCUT2D eigenvalue weighted by molar-refractivity contribution is 6.08. The summed E-state index contributed by atoms with van der Waals surface area (Å²) in [7, 11) is 0. The molecule has 8 heteroatoms. The predicted molar refractivity (Wildman–Crippen MR) is 87.1 cm³/mol. The Hall–Kier alpha value is -2.90. The molecule has 0 unspecified atom stereocenters. The first-order chi connectivity index (χ1) is 11.3. The summed E-state index contributed by atoms with van der Waals surface area (Å²) in [6.07, 6.45) is 0.525. The van der Waals surface area contributed by atoms with Crippen LogP contribution in [-0.2, 0) is 9.59 Å². The van der Waals surface area contributed by atoms with Gasteiger partial charge in [0.2, 0.25) is 11.8 Å². The van der Waals surface area contributed by atoms with Crippen molar-refractivity contribution in [2.24, 2.45) is 11.7 Å². The number of nitrogens with two attached hydrogens (primary N) is 1. The van der Waals surface area contributed by atoms with E-state index in [1.54, 1.807) is 0 Å². The molecular weight excluding hydrogens is 312 g/mol. The largest absolute Gasteiger partial charge is 0.366 e. The molecule has 1 saturated heterocycles. The fourth-order valence-electron chi connectivity index (χ4n) is 2.42. The molecule has 0 aromatic heterocycles. The second-order valence-corrected chi connectivity index (χ2v) is 6.05. The first-order valence-corrected chi connectivity index (χ1v) is 7.59.